The quantitative estimate of drug-likeness (QED) is 0.826. The number of sulfonamides is 1. The van der Waals surface area contributed by atoms with Gasteiger partial charge >= 0.3 is 0 Å². The number of aliphatic hydroxyl groups is 1. The van der Waals surface area contributed by atoms with Crippen LogP contribution in [0.1, 0.15) is 24.8 Å². The molecule has 0 amide bonds. The third-order valence-electron chi connectivity index (χ3n) is 4.00. The van der Waals surface area contributed by atoms with Crippen molar-refractivity contribution in [3.63, 3.8) is 0 Å². The molecule has 2 rings (SSSR count). The van der Waals surface area contributed by atoms with Gasteiger partial charge in [-0.25, -0.2) is 13.1 Å². The minimum Gasteiger partial charge on any atom is -0.393 e. The lowest BCUT2D eigenvalue weighted by Crippen LogP contribution is -2.32. The van der Waals surface area contributed by atoms with Crippen LogP contribution in [0, 0.1) is 12.8 Å². The monoisotopic (exact) mass is 347 g/mol. The Morgan fingerprint density at radius 3 is 2.73 bits per heavy atom. The van der Waals surface area contributed by atoms with Crippen molar-refractivity contribution >= 4 is 21.6 Å². The van der Waals surface area contributed by atoms with Crippen molar-refractivity contribution in [2.75, 3.05) is 19.8 Å². The summed E-state index contributed by atoms with van der Waals surface area (Å²) in [6.07, 6.45) is 1.53. The maximum atomic E-state index is 12.2. The lowest BCUT2D eigenvalue weighted by Gasteiger charge is -2.26. The van der Waals surface area contributed by atoms with Crippen LogP contribution in [-0.4, -0.2) is 39.4 Å². The van der Waals surface area contributed by atoms with E-state index in [9.17, 15) is 13.5 Å². The van der Waals surface area contributed by atoms with Gasteiger partial charge in [-0.15, -0.1) is 0 Å². The van der Waals surface area contributed by atoms with Crippen LogP contribution in [0.25, 0.3) is 0 Å². The average molecular weight is 348 g/mol. The standard InChI is InChI=1S/C15H22ClNO4S/c1-11-2-3-13(10-14(11)16)22(19,20)17-7-4-15(18)12-5-8-21-9-6-12/h2-3,10,12,15,17-18H,4-9H2,1H3/t15-/m1/s1. The summed E-state index contributed by atoms with van der Waals surface area (Å²) in [6, 6.07) is 4.64. The number of aryl methyl sites for hydroxylation is 1. The number of ether oxygens (including phenoxy) is 1. The Morgan fingerprint density at radius 2 is 2.09 bits per heavy atom. The number of benzene rings is 1. The largest absolute Gasteiger partial charge is 0.393 e. The second-order valence-electron chi connectivity index (χ2n) is 5.61. The van der Waals surface area contributed by atoms with Crippen LogP contribution in [-0.2, 0) is 14.8 Å². The van der Waals surface area contributed by atoms with Crippen molar-refractivity contribution < 1.29 is 18.3 Å². The summed E-state index contributed by atoms with van der Waals surface area (Å²) in [7, 11) is -3.60. The van der Waals surface area contributed by atoms with Crippen LogP contribution in [0.4, 0.5) is 0 Å². The van der Waals surface area contributed by atoms with Gasteiger partial charge < -0.3 is 9.84 Å². The molecule has 1 saturated heterocycles. The maximum Gasteiger partial charge on any atom is 0.240 e. The fourth-order valence-electron chi connectivity index (χ4n) is 2.50. The molecule has 0 saturated carbocycles. The smallest absolute Gasteiger partial charge is 0.240 e. The van der Waals surface area contributed by atoms with Gasteiger partial charge in [0.15, 0.2) is 0 Å². The molecule has 0 aliphatic carbocycles. The topological polar surface area (TPSA) is 75.6 Å². The van der Waals surface area contributed by atoms with Gasteiger partial charge in [-0.3, -0.25) is 0 Å². The highest BCUT2D eigenvalue weighted by molar-refractivity contribution is 7.89. The van der Waals surface area contributed by atoms with E-state index in [0.717, 1.165) is 18.4 Å². The summed E-state index contributed by atoms with van der Waals surface area (Å²) in [5.74, 6) is 0.187. The van der Waals surface area contributed by atoms with E-state index < -0.39 is 16.1 Å². The highest BCUT2D eigenvalue weighted by atomic mass is 35.5. The second kappa shape index (κ2) is 7.75. The van der Waals surface area contributed by atoms with Crippen LogP contribution in [0.5, 0.6) is 0 Å². The summed E-state index contributed by atoms with van der Waals surface area (Å²) in [5, 5.41) is 10.5. The molecule has 5 nitrogen and oxygen atoms in total. The second-order valence-corrected chi connectivity index (χ2v) is 7.79. The van der Waals surface area contributed by atoms with Gasteiger partial charge in [-0.1, -0.05) is 17.7 Å². The first kappa shape index (κ1) is 17.7. The normalized spacial score (nSPS) is 18.3. The molecule has 1 atom stereocenters. The van der Waals surface area contributed by atoms with Crippen molar-refractivity contribution in [3.05, 3.63) is 28.8 Å². The van der Waals surface area contributed by atoms with Gasteiger partial charge in [0.05, 0.1) is 11.0 Å². The lowest BCUT2D eigenvalue weighted by molar-refractivity contribution is 0.00567. The zero-order valence-electron chi connectivity index (χ0n) is 12.6. The number of rotatable bonds is 6. The predicted molar refractivity (Wildman–Crippen MR) is 85.5 cm³/mol. The maximum absolute atomic E-state index is 12.2. The molecular weight excluding hydrogens is 326 g/mol. The van der Waals surface area contributed by atoms with Gasteiger partial charge in [0.1, 0.15) is 0 Å². The van der Waals surface area contributed by atoms with Gasteiger partial charge in [-0.05, 0) is 49.8 Å². The van der Waals surface area contributed by atoms with Gasteiger partial charge in [0, 0.05) is 24.8 Å². The predicted octanol–water partition coefficient (Wildman–Crippen LogP) is 2.10. The molecule has 2 N–H and O–H groups in total. The van der Waals surface area contributed by atoms with Gasteiger partial charge in [0.25, 0.3) is 0 Å². The Hall–Kier alpha value is -0.660. The molecule has 1 heterocycles. The van der Waals surface area contributed by atoms with E-state index in [-0.39, 0.29) is 17.4 Å². The van der Waals surface area contributed by atoms with Crippen LogP contribution < -0.4 is 4.72 Å². The van der Waals surface area contributed by atoms with E-state index in [2.05, 4.69) is 4.72 Å². The van der Waals surface area contributed by atoms with E-state index in [1.165, 1.54) is 12.1 Å². The van der Waals surface area contributed by atoms with Crippen molar-refractivity contribution in [2.24, 2.45) is 5.92 Å². The molecule has 1 aliphatic heterocycles. The Bertz CT molecular complexity index is 600. The zero-order chi connectivity index (χ0) is 16.2. The highest BCUT2D eigenvalue weighted by Gasteiger charge is 2.22. The summed E-state index contributed by atoms with van der Waals surface area (Å²) in [5.41, 5.74) is 0.829. The molecule has 124 valence electrons. The SMILES string of the molecule is Cc1ccc(S(=O)(=O)NCC[C@@H](O)C2CCOCC2)cc1Cl. The van der Waals surface area contributed by atoms with Crippen molar-refractivity contribution in [1.29, 1.82) is 0 Å². The molecule has 1 aromatic carbocycles. The molecule has 0 radical (unpaired) electrons. The highest BCUT2D eigenvalue weighted by Crippen LogP contribution is 2.22. The zero-order valence-corrected chi connectivity index (χ0v) is 14.2. The van der Waals surface area contributed by atoms with Crippen molar-refractivity contribution in [2.45, 2.75) is 37.2 Å². The molecule has 0 unspecified atom stereocenters. The van der Waals surface area contributed by atoms with Crippen molar-refractivity contribution in [1.82, 2.24) is 4.72 Å². The first-order chi connectivity index (χ1) is 10.4. The summed E-state index contributed by atoms with van der Waals surface area (Å²) < 4.78 is 32.1. The molecule has 1 aromatic rings. The molecular formula is C15H22ClNO4S. The van der Waals surface area contributed by atoms with Crippen LogP contribution in [0.3, 0.4) is 0 Å². The Balaban J connectivity index is 1.88. The number of hydrogen-bond acceptors (Lipinski definition) is 4. The summed E-state index contributed by atoms with van der Waals surface area (Å²) in [6.45, 7) is 3.34. The van der Waals surface area contributed by atoms with Gasteiger partial charge in [0.2, 0.25) is 10.0 Å². The van der Waals surface area contributed by atoms with E-state index in [1.54, 1.807) is 6.07 Å². The first-order valence-corrected chi connectivity index (χ1v) is 9.28. The molecule has 0 bridgehead atoms. The molecule has 0 spiro atoms. The van der Waals surface area contributed by atoms with E-state index >= 15 is 0 Å². The average Bonchev–Trinajstić information content (AvgIpc) is 2.50. The number of hydrogen-bond donors (Lipinski definition) is 2. The lowest BCUT2D eigenvalue weighted by atomic mass is 9.92. The van der Waals surface area contributed by atoms with Gasteiger partial charge in [-0.2, -0.15) is 0 Å². The first-order valence-electron chi connectivity index (χ1n) is 7.42. The number of aliphatic hydroxyl groups excluding tert-OH is 1. The minimum atomic E-state index is -3.60. The Kier molecular flexibility index (Phi) is 6.23. The van der Waals surface area contributed by atoms with Crippen LogP contribution >= 0.6 is 11.6 Å². The van der Waals surface area contributed by atoms with Crippen LogP contribution in [0.2, 0.25) is 5.02 Å². The Labute approximate surface area is 136 Å². The fourth-order valence-corrected chi connectivity index (χ4v) is 3.82. The minimum absolute atomic E-state index is 0.142. The number of halogens is 1. The third-order valence-corrected chi connectivity index (χ3v) is 5.86. The Morgan fingerprint density at radius 1 is 1.41 bits per heavy atom. The molecule has 0 aromatic heterocycles. The van der Waals surface area contributed by atoms with E-state index in [0.29, 0.717) is 24.7 Å². The molecule has 22 heavy (non-hydrogen) atoms. The van der Waals surface area contributed by atoms with E-state index in [4.69, 9.17) is 16.3 Å². The molecule has 7 heteroatoms. The fraction of sp³-hybridized carbons (Fsp3) is 0.600. The van der Waals surface area contributed by atoms with Crippen LogP contribution in [0.15, 0.2) is 23.1 Å². The summed E-state index contributed by atoms with van der Waals surface area (Å²) >= 11 is 5.96. The summed E-state index contributed by atoms with van der Waals surface area (Å²) in [4.78, 5) is 0.142. The molecule has 1 fully saturated rings. The van der Waals surface area contributed by atoms with E-state index in [1.807, 2.05) is 6.92 Å². The third kappa shape index (κ3) is 4.67. The molecule has 1 aliphatic rings. The number of nitrogens with one attached hydrogen (secondary N) is 1. The van der Waals surface area contributed by atoms with Crippen molar-refractivity contribution in [3.8, 4) is 0 Å².